The number of nitrogens with one attached hydrogen (secondary N) is 1. The summed E-state index contributed by atoms with van der Waals surface area (Å²) < 4.78 is 5.41. The minimum Gasteiger partial charge on any atom is -0.495 e. The van der Waals surface area contributed by atoms with Crippen LogP contribution in [0.1, 0.15) is 27.0 Å². The topological polar surface area (TPSA) is 51.2 Å². The van der Waals surface area contributed by atoms with Crippen LogP contribution in [0.2, 0.25) is 0 Å². The number of aryl methyl sites for hydroxylation is 3. The Morgan fingerprint density at radius 1 is 0.900 bits per heavy atom. The molecule has 0 atom stereocenters. The first-order chi connectivity index (χ1) is 14.5. The lowest BCUT2D eigenvalue weighted by Gasteiger charge is -2.14. The van der Waals surface area contributed by atoms with Crippen molar-refractivity contribution in [1.29, 1.82) is 0 Å². The number of methoxy groups -OCH3 is 1. The van der Waals surface area contributed by atoms with Gasteiger partial charge in [-0.25, -0.2) is 4.98 Å². The molecule has 30 heavy (non-hydrogen) atoms. The Morgan fingerprint density at radius 3 is 2.47 bits per heavy atom. The number of aromatic nitrogens is 1. The summed E-state index contributed by atoms with van der Waals surface area (Å²) in [4.78, 5) is 18.1. The average Bonchev–Trinajstić information content (AvgIpc) is 2.75. The van der Waals surface area contributed by atoms with Crippen molar-refractivity contribution in [3.63, 3.8) is 0 Å². The summed E-state index contributed by atoms with van der Waals surface area (Å²) in [6.45, 7) is 6.15. The number of anilines is 1. The summed E-state index contributed by atoms with van der Waals surface area (Å²) in [6.07, 6.45) is 0. The molecule has 4 nitrogen and oxygen atoms in total. The van der Waals surface area contributed by atoms with Crippen LogP contribution in [0.15, 0.2) is 66.7 Å². The number of ether oxygens (including phenoxy) is 1. The molecule has 0 bridgehead atoms. The van der Waals surface area contributed by atoms with Gasteiger partial charge in [0.15, 0.2) is 0 Å². The molecule has 0 radical (unpaired) electrons. The first-order valence-corrected chi connectivity index (χ1v) is 9.89. The molecule has 0 aliphatic heterocycles. The zero-order chi connectivity index (χ0) is 21.3. The van der Waals surface area contributed by atoms with E-state index in [2.05, 4.69) is 31.3 Å². The van der Waals surface area contributed by atoms with Gasteiger partial charge in [0.25, 0.3) is 5.91 Å². The van der Waals surface area contributed by atoms with Gasteiger partial charge in [0.2, 0.25) is 0 Å². The number of para-hydroxylation sites is 1. The highest BCUT2D eigenvalue weighted by Crippen LogP contribution is 2.29. The van der Waals surface area contributed by atoms with Crippen LogP contribution in [0.5, 0.6) is 5.75 Å². The van der Waals surface area contributed by atoms with E-state index in [0.29, 0.717) is 17.0 Å². The van der Waals surface area contributed by atoms with Crippen LogP contribution in [0, 0.1) is 20.8 Å². The van der Waals surface area contributed by atoms with Crippen LogP contribution < -0.4 is 10.1 Å². The molecule has 0 spiro atoms. The Kier molecular flexibility index (Phi) is 5.23. The first kappa shape index (κ1) is 19.6. The molecule has 1 heterocycles. The summed E-state index contributed by atoms with van der Waals surface area (Å²) in [5.41, 5.74) is 7.25. The molecule has 1 aromatic heterocycles. The van der Waals surface area contributed by atoms with E-state index in [1.54, 1.807) is 7.11 Å². The van der Waals surface area contributed by atoms with Gasteiger partial charge in [0, 0.05) is 10.9 Å². The molecule has 4 heteroatoms. The van der Waals surface area contributed by atoms with E-state index in [1.165, 1.54) is 11.1 Å². The van der Waals surface area contributed by atoms with Gasteiger partial charge in [-0.3, -0.25) is 4.79 Å². The fraction of sp³-hybridized carbons (Fsp3) is 0.154. The van der Waals surface area contributed by atoms with E-state index in [1.807, 2.05) is 61.5 Å². The van der Waals surface area contributed by atoms with Crippen molar-refractivity contribution < 1.29 is 9.53 Å². The molecule has 0 fully saturated rings. The zero-order valence-electron chi connectivity index (χ0n) is 17.6. The van der Waals surface area contributed by atoms with Gasteiger partial charge in [-0.15, -0.1) is 0 Å². The smallest absolute Gasteiger partial charge is 0.256 e. The lowest BCUT2D eigenvalue weighted by atomic mass is 10.0. The monoisotopic (exact) mass is 396 g/mol. The molecule has 150 valence electrons. The molecule has 0 aliphatic rings. The number of nitrogens with zero attached hydrogens (tertiary/aromatic N) is 1. The second-order valence-corrected chi connectivity index (χ2v) is 7.53. The van der Waals surface area contributed by atoms with E-state index in [4.69, 9.17) is 9.72 Å². The van der Waals surface area contributed by atoms with Crippen LogP contribution in [0.25, 0.3) is 22.2 Å². The zero-order valence-corrected chi connectivity index (χ0v) is 17.6. The molecule has 4 aromatic rings. The predicted molar refractivity (Wildman–Crippen MR) is 122 cm³/mol. The van der Waals surface area contributed by atoms with Crippen LogP contribution in [-0.4, -0.2) is 18.0 Å². The second-order valence-electron chi connectivity index (χ2n) is 7.53. The van der Waals surface area contributed by atoms with Crippen LogP contribution in [-0.2, 0) is 0 Å². The van der Waals surface area contributed by atoms with Crippen molar-refractivity contribution >= 4 is 22.5 Å². The van der Waals surface area contributed by atoms with E-state index in [0.717, 1.165) is 27.7 Å². The lowest BCUT2D eigenvalue weighted by molar-refractivity contribution is 0.102. The van der Waals surface area contributed by atoms with E-state index < -0.39 is 0 Å². The van der Waals surface area contributed by atoms with Gasteiger partial charge in [-0.2, -0.15) is 0 Å². The molecule has 3 aromatic carbocycles. The predicted octanol–water partition coefficient (Wildman–Crippen LogP) is 6.09. The minimum absolute atomic E-state index is 0.192. The number of benzene rings is 3. The third kappa shape index (κ3) is 3.77. The Balaban J connectivity index is 1.82. The number of carbonyl (C=O) groups is 1. The molecular formula is C26H24N2O2. The number of fused-ring (bicyclic) bond motifs is 1. The SMILES string of the molecule is COc1ccc(C)cc1NC(=O)c1cc(-c2ccc(C)c(C)c2)nc2ccccc12. The van der Waals surface area contributed by atoms with Crippen molar-refractivity contribution in [1.82, 2.24) is 4.98 Å². The summed E-state index contributed by atoms with van der Waals surface area (Å²) in [7, 11) is 1.60. The van der Waals surface area contributed by atoms with Crippen molar-refractivity contribution in [2.24, 2.45) is 0 Å². The largest absolute Gasteiger partial charge is 0.495 e. The van der Waals surface area contributed by atoms with Crippen LogP contribution >= 0.6 is 0 Å². The van der Waals surface area contributed by atoms with E-state index >= 15 is 0 Å². The molecule has 0 saturated carbocycles. The highest BCUT2D eigenvalue weighted by molar-refractivity contribution is 6.13. The number of carbonyl (C=O) groups excluding carboxylic acids is 1. The van der Waals surface area contributed by atoms with E-state index in [9.17, 15) is 4.79 Å². The van der Waals surface area contributed by atoms with Gasteiger partial charge in [0.05, 0.1) is 29.6 Å². The quantitative estimate of drug-likeness (QED) is 0.454. The third-order valence-electron chi connectivity index (χ3n) is 5.37. The van der Waals surface area contributed by atoms with Crippen molar-refractivity contribution in [3.05, 3.63) is 89.0 Å². The molecule has 0 aliphatic carbocycles. The summed E-state index contributed by atoms with van der Waals surface area (Å²) in [5.74, 6) is 0.435. The Bertz CT molecular complexity index is 1260. The van der Waals surface area contributed by atoms with Crippen molar-refractivity contribution in [3.8, 4) is 17.0 Å². The van der Waals surface area contributed by atoms with Crippen LogP contribution in [0.4, 0.5) is 5.69 Å². The lowest BCUT2D eigenvalue weighted by Crippen LogP contribution is -2.14. The summed E-state index contributed by atoms with van der Waals surface area (Å²) >= 11 is 0. The molecular weight excluding hydrogens is 372 g/mol. The Morgan fingerprint density at radius 2 is 1.70 bits per heavy atom. The van der Waals surface area contributed by atoms with Crippen LogP contribution in [0.3, 0.4) is 0 Å². The summed E-state index contributed by atoms with van der Waals surface area (Å²) in [5, 5.41) is 3.83. The van der Waals surface area contributed by atoms with Gasteiger partial charge in [0.1, 0.15) is 5.75 Å². The maximum atomic E-state index is 13.3. The average molecular weight is 396 g/mol. The molecule has 1 N–H and O–H groups in total. The Hall–Kier alpha value is -3.66. The Labute approximate surface area is 176 Å². The van der Waals surface area contributed by atoms with Gasteiger partial charge >= 0.3 is 0 Å². The second kappa shape index (κ2) is 7.99. The van der Waals surface area contributed by atoms with Crippen molar-refractivity contribution in [2.75, 3.05) is 12.4 Å². The van der Waals surface area contributed by atoms with Crippen molar-refractivity contribution in [2.45, 2.75) is 20.8 Å². The normalized spacial score (nSPS) is 10.8. The number of hydrogen-bond donors (Lipinski definition) is 1. The fourth-order valence-corrected chi connectivity index (χ4v) is 3.52. The fourth-order valence-electron chi connectivity index (χ4n) is 3.52. The number of rotatable bonds is 4. The van der Waals surface area contributed by atoms with Gasteiger partial charge in [-0.1, -0.05) is 36.4 Å². The molecule has 1 amide bonds. The maximum absolute atomic E-state index is 13.3. The molecule has 0 saturated heterocycles. The summed E-state index contributed by atoms with van der Waals surface area (Å²) in [6, 6.07) is 21.5. The van der Waals surface area contributed by atoms with Gasteiger partial charge in [-0.05, 0) is 67.8 Å². The number of hydrogen-bond acceptors (Lipinski definition) is 3. The highest BCUT2D eigenvalue weighted by atomic mass is 16.5. The molecule has 4 rings (SSSR count). The molecule has 0 unspecified atom stereocenters. The first-order valence-electron chi connectivity index (χ1n) is 9.89. The number of pyridine rings is 1. The standard InChI is InChI=1S/C26H24N2O2/c1-16-9-12-25(30-4)24(13-16)28-26(29)21-15-23(19-11-10-17(2)18(3)14-19)27-22-8-6-5-7-20(21)22/h5-15H,1-4H3,(H,28,29). The third-order valence-corrected chi connectivity index (χ3v) is 5.37. The number of amides is 1. The van der Waals surface area contributed by atoms with Gasteiger partial charge < -0.3 is 10.1 Å². The minimum atomic E-state index is -0.192. The van der Waals surface area contributed by atoms with E-state index in [-0.39, 0.29) is 5.91 Å². The maximum Gasteiger partial charge on any atom is 0.256 e. The highest BCUT2D eigenvalue weighted by Gasteiger charge is 2.16.